The average molecular weight is 301 g/mol. The zero-order valence-corrected chi connectivity index (χ0v) is 12.8. The van der Waals surface area contributed by atoms with Crippen molar-refractivity contribution in [3.8, 4) is 33.6 Å². The van der Waals surface area contributed by atoms with E-state index in [2.05, 4.69) is 88.5 Å². The fourth-order valence-electron chi connectivity index (χ4n) is 2.71. The number of thiophene rings is 1. The van der Waals surface area contributed by atoms with E-state index in [0.717, 1.165) is 0 Å². The number of hydrogen-bond acceptors (Lipinski definition) is 1. The van der Waals surface area contributed by atoms with E-state index < -0.39 is 0 Å². The van der Waals surface area contributed by atoms with Crippen LogP contribution in [0.25, 0.3) is 33.6 Å². The normalized spacial score (nSPS) is 10.7. The molecule has 1 nitrogen and oxygen atoms in total. The fourth-order valence-corrected chi connectivity index (χ4v) is 3.36. The molecule has 1 N–H and O–H groups in total. The Labute approximate surface area is 133 Å². The zero-order chi connectivity index (χ0) is 14.8. The summed E-state index contributed by atoms with van der Waals surface area (Å²) in [7, 11) is 0. The van der Waals surface area contributed by atoms with E-state index in [9.17, 15) is 0 Å². The van der Waals surface area contributed by atoms with Crippen molar-refractivity contribution in [2.75, 3.05) is 0 Å². The van der Waals surface area contributed by atoms with Crippen molar-refractivity contribution in [2.45, 2.75) is 0 Å². The SMILES string of the molecule is c1ccc(-c2cc(-c3ccsc3)[nH]c2-c2ccccc2)cc1. The van der Waals surface area contributed by atoms with Crippen LogP contribution < -0.4 is 0 Å². The molecule has 2 aromatic carbocycles. The molecule has 2 aromatic heterocycles. The highest BCUT2D eigenvalue weighted by Gasteiger charge is 2.13. The maximum absolute atomic E-state index is 3.61. The van der Waals surface area contributed by atoms with Crippen molar-refractivity contribution in [3.05, 3.63) is 83.6 Å². The molecule has 0 fully saturated rings. The lowest BCUT2D eigenvalue weighted by molar-refractivity contribution is 1.40. The minimum Gasteiger partial charge on any atom is -0.354 e. The molecular weight excluding hydrogens is 286 g/mol. The summed E-state index contributed by atoms with van der Waals surface area (Å²) in [6.07, 6.45) is 0. The summed E-state index contributed by atoms with van der Waals surface area (Å²) in [5, 5.41) is 4.29. The lowest BCUT2D eigenvalue weighted by Crippen LogP contribution is -1.81. The average Bonchev–Trinajstić information content (AvgIpc) is 3.26. The minimum absolute atomic E-state index is 1.17. The second kappa shape index (κ2) is 5.66. The number of rotatable bonds is 3. The van der Waals surface area contributed by atoms with Crippen LogP contribution in [0.4, 0.5) is 0 Å². The highest BCUT2D eigenvalue weighted by atomic mass is 32.1. The van der Waals surface area contributed by atoms with E-state index in [1.807, 2.05) is 0 Å². The Morgan fingerprint density at radius 1 is 0.682 bits per heavy atom. The molecule has 0 spiro atoms. The number of aromatic nitrogens is 1. The Morgan fingerprint density at radius 3 is 2.00 bits per heavy atom. The summed E-state index contributed by atoms with van der Waals surface area (Å²) in [5.41, 5.74) is 7.27. The molecule has 106 valence electrons. The molecule has 0 aliphatic carbocycles. The molecule has 0 bridgehead atoms. The Hall–Kier alpha value is -2.58. The van der Waals surface area contributed by atoms with Gasteiger partial charge in [0.25, 0.3) is 0 Å². The van der Waals surface area contributed by atoms with Gasteiger partial charge in [0.05, 0.1) is 5.69 Å². The number of nitrogens with one attached hydrogen (secondary N) is 1. The molecule has 4 aromatic rings. The van der Waals surface area contributed by atoms with Crippen LogP contribution in [-0.4, -0.2) is 4.98 Å². The van der Waals surface area contributed by atoms with E-state index in [0.29, 0.717) is 0 Å². The maximum atomic E-state index is 3.61. The van der Waals surface area contributed by atoms with E-state index >= 15 is 0 Å². The van der Waals surface area contributed by atoms with E-state index in [4.69, 9.17) is 0 Å². The van der Waals surface area contributed by atoms with Gasteiger partial charge in [0, 0.05) is 22.2 Å². The van der Waals surface area contributed by atoms with E-state index in [1.54, 1.807) is 11.3 Å². The molecule has 0 unspecified atom stereocenters. The standard InChI is InChI=1S/C20H15NS/c1-3-7-15(8-4-1)18-13-19(17-11-12-22-14-17)21-20(18)16-9-5-2-6-10-16/h1-14,21H. The fraction of sp³-hybridized carbons (Fsp3) is 0. The molecular formula is C20H15NS. The van der Waals surface area contributed by atoms with Gasteiger partial charge in [0.15, 0.2) is 0 Å². The Bertz CT molecular complexity index is 802. The molecule has 0 atom stereocenters. The van der Waals surface area contributed by atoms with Crippen molar-refractivity contribution in [1.82, 2.24) is 4.98 Å². The van der Waals surface area contributed by atoms with Gasteiger partial charge in [-0.15, -0.1) is 0 Å². The number of hydrogen-bond donors (Lipinski definition) is 1. The van der Waals surface area contributed by atoms with Gasteiger partial charge in [0.2, 0.25) is 0 Å². The largest absolute Gasteiger partial charge is 0.354 e. The third-order valence-electron chi connectivity index (χ3n) is 3.80. The van der Waals surface area contributed by atoms with Crippen LogP contribution in [0.1, 0.15) is 0 Å². The van der Waals surface area contributed by atoms with Crippen molar-refractivity contribution >= 4 is 11.3 Å². The molecule has 0 aliphatic rings. The van der Waals surface area contributed by atoms with Crippen LogP contribution in [0.3, 0.4) is 0 Å². The van der Waals surface area contributed by atoms with Gasteiger partial charge in [-0.25, -0.2) is 0 Å². The molecule has 2 heteroatoms. The van der Waals surface area contributed by atoms with Crippen LogP contribution in [-0.2, 0) is 0 Å². The summed E-state index contributed by atoms with van der Waals surface area (Å²) in [4.78, 5) is 3.61. The first-order valence-electron chi connectivity index (χ1n) is 7.28. The molecule has 0 amide bonds. The lowest BCUT2D eigenvalue weighted by atomic mass is 10.0. The van der Waals surface area contributed by atoms with Crippen molar-refractivity contribution in [1.29, 1.82) is 0 Å². The summed E-state index contributed by atoms with van der Waals surface area (Å²) < 4.78 is 0. The van der Waals surface area contributed by atoms with Crippen molar-refractivity contribution < 1.29 is 0 Å². The first-order chi connectivity index (χ1) is 10.9. The third-order valence-corrected chi connectivity index (χ3v) is 4.48. The van der Waals surface area contributed by atoms with Gasteiger partial charge in [-0.1, -0.05) is 60.7 Å². The highest BCUT2D eigenvalue weighted by Crippen LogP contribution is 2.36. The summed E-state index contributed by atoms with van der Waals surface area (Å²) in [6.45, 7) is 0. The minimum atomic E-state index is 1.17. The first kappa shape index (κ1) is 13.1. The Kier molecular flexibility index (Phi) is 3.37. The van der Waals surface area contributed by atoms with Crippen LogP contribution in [0, 0.1) is 0 Å². The van der Waals surface area contributed by atoms with Crippen molar-refractivity contribution in [3.63, 3.8) is 0 Å². The number of benzene rings is 2. The lowest BCUT2D eigenvalue weighted by Gasteiger charge is -2.04. The highest BCUT2D eigenvalue weighted by molar-refractivity contribution is 7.08. The van der Waals surface area contributed by atoms with Crippen LogP contribution in [0.15, 0.2) is 83.6 Å². The topological polar surface area (TPSA) is 15.8 Å². The number of aromatic amines is 1. The summed E-state index contributed by atoms with van der Waals surface area (Å²) in [5.74, 6) is 0. The summed E-state index contributed by atoms with van der Waals surface area (Å²) >= 11 is 1.72. The van der Waals surface area contributed by atoms with Gasteiger partial charge < -0.3 is 4.98 Å². The molecule has 0 saturated carbocycles. The summed E-state index contributed by atoms with van der Waals surface area (Å²) in [6, 6.07) is 25.4. The molecule has 4 rings (SSSR count). The van der Waals surface area contributed by atoms with Crippen LogP contribution in [0.5, 0.6) is 0 Å². The maximum Gasteiger partial charge on any atom is 0.0538 e. The van der Waals surface area contributed by atoms with Gasteiger partial charge >= 0.3 is 0 Å². The smallest absolute Gasteiger partial charge is 0.0538 e. The predicted octanol–water partition coefficient (Wildman–Crippen LogP) is 6.08. The van der Waals surface area contributed by atoms with E-state index in [-0.39, 0.29) is 0 Å². The molecule has 0 radical (unpaired) electrons. The van der Waals surface area contributed by atoms with Crippen LogP contribution >= 0.6 is 11.3 Å². The second-order valence-electron chi connectivity index (χ2n) is 5.22. The Morgan fingerprint density at radius 2 is 1.36 bits per heavy atom. The van der Waals surface area contributed by atoms with Gasteiger partial charge in [-0.3, -0.25) is 0 Å². The van der Waals surface area contributed by atoms with Gasteiger partial charge in [-0.2, -0.15) is 11.3 Å². The number of H-pyrrole nitrogens is 1. The first-order valence-corrected chi connectivity index (χ1v) is 8.22. The molecule has 2 heterocycles. The third kappa shape index (κ3) is 2.38. The molecule has 0 aliphatic heterocycles. The van der Waals surface area contributed by atoms with Crippen LogP contribution in [0.2, 0.25) is 0 Å². The van der Waals surface area contributed by atoms with Gasteiger partial charge in [0.1, 0.15) is 0 Å². The predicted molar refractivity (Wildman–Crippen MR) is 95.0 cm³/mol. The van der Waals surface area contributed by atoms with Gasteiger partial charge in [-0.05, 0) is 28.6 Å². The zero-order valence-electron chi connectivity index (χ0n) is 12.0. The monoisotopic (exact) mass is 301 g/mol. The Balaban J connectivity index is 1.92. The van der Waals surface area contributed by atoms with Crippen molar-refractivity contribution in [2.24, 2.45) is 0 Å². The van der Waals surface area contributed by atoms with E-state index in [1.165, 1.54) is 33.6 Å². The quantitative estimate of drug-likeness (QED) is 0.472. The molecule has 22 heavy (non-hydrogen) atoms. The molecule has 0 saturated heterocycles. The second-order valence-corrected chi connectivity index (χ2v) is 6.00.